The van der Waals surface area contributed by atoms with Gasteiger partial charge in [0.05, 0.1) is 29.2 Å². The van der Waals surface area contributed by atoms with Crippen LogP contribution in [0, 0.1) is 11.7 Å². The lowest BCUT2D eigenvalue weighted by molar-refractivity contribution is -0.126. The van der Waals surface area contributed by atoms with Crippen molar-refractivity contribution in [2.24, 2.45) is 5.92 Å². The van der Waals surface area contributed by atoms with E-state index in [4.69, 9.17) is 4.74 Å². The third-order valence-electron chi connectivity index (χ3n) is 4.60. The summed E-state index contributed by atoms with van der Waals surface area (Å²) >= 11 is 0. The Morgan fingerprint density at radius 3 is 3.14 bits per heavy atom. The molecule has 2 N–H and O–H groups in total. The van der Waals surface area contributed by atoms with Crippen LogP contribution in [0.5, 0.6) is 0 Å². The van der Waals surface area contributed by atoms with E-state index in [1.807, 2.05) is 0 Å². The zero-order valence-electron chi connectivity index (χ0n) is 12.1. The Balaban J connectivity index is 1.33. The third kappa shape index (κ3) is 2.47. The van der Waals surface area contributed by atoms with E-state index in [1.165, 1.54) is 12.1 Å². The van der Waals surface area contributed by atoms with E-state index in [1.54, 1.807) is 6.07 Å². The molecule has 2 aliphatic rings. The minimum Gasteiger partial charge on any atom is -0.374 e. The van der Waals surface area contributed by atoms with E-state index >= 15 is 0 Å². The fraction of sp³-hybridized carbons (Fsp3) is 0.500. The Hall–Kier alpha value is -1.95. The average molecular weight is 303 g/mol. The number of nitrogens with one attached hydrogen (secondary N) is 2. The van der Waals surface area contributed by atoms with Crippen LogP contribution < -0.4 is 5.32 Å². The third-order valence-corrected chi connectivity index (χ3v) is 4.60. The van der Waals surface area contributed by atoms with Crippen molar-refractivity contribution < 1.29 is 13.9 Å². The number of halogens is 1. The molecule has 0 unspecified atom stereocenters. The number of H-pyrrole nitrogens is 1. The monoisotopic (exact) mass is 303 g/mol. The van der Waals surface area contributed by atoms with Crippen LogP contribution >= 0.6 is 0 Å². The first-order chi connectivity index (χ1) is 10.7. The zero-order valence-corrected chi connectivity index (χ0v) is 12.1. The fourth-order valence-corrected chi connectivity index (χ4v) is 3.50. The lowest BCUT2D eigenvalue weighted by atomic mass is 9.88. The van der Waals surface area contributed by atoms with Gasteiger partial charge in [-0.1, -0.05) is 0 Å². The van der Waals surface area contributed by atoms with E-state index in [0.717, 1.165) is 30.6 Å². The molecule has 2 fully saturated rings. The summed E-state index contributed by atoms with van der Waals surface area (Å²) in [5.41, 5.74) is 1.42. The van der Waals surface area contributed by atoms with Crippen LogP contribution in [0.2, 0.25) is 0 Å². The predicted octanol–water partition coefficient (Wildman–Crippen LogP) is 1.93. The standard InChI is InChI=1S/C16H18FN3O2/c17-9-1-3-12-13(7-9)20-15(19-12)5-6-18-16(21)11-8-10-2-4-14(11)22-10/h1,3,7,10-11,14H,2,4-6,8H2,(H,18,21)(H,19,20)/t10-,11-,14+/m1/s1. The topological polar surface area (TPSA) is 67.0 Å². The molecule has 5 nitrogen and oxygen atoms in total. The van der Waals surface area contributed by atoms with Crippen molar-refractivity contribution in [3.05, 3.63) is 29.8 Å². The number of nitrogens with zero attached hydrogens (tertiary/aromatic N) is 1. The lowest BCUT2D eigenvalue weighted by Gasteiger charge is -2.17. The molecule has 0 radical (unpaired) electrons. The SMILES string of the molecule is O=C(NCCc1nc2ccc(F)cc2[nH]1)[C@@H]1C[C@H]2CC[C@@H]1O2. The average Bonchev–Trinajstić information content (AvgIpc) is 3.20. The summed E-state index contributed by atoms with van der Waals surface area (Å²) in [4.78, 5) is 19.6. The highest BCUT2D eigenvalue weighted by Crippen LogP contribution is 2.38. The lowest BCUT2D eigenvalue weighted by Crippen LogP contribution is -2.37. The van der Waals surface area contributed by atoms with Crippen molar-refractivity contribution in [2.75, 3.05) is 6.54 Å². The first-order valence-electron chi connectivity index (χ1n) is 7.76. The Bertz CT molecular complexity index is 714. The number of carbonyl (C=O) groups is 1. The first-order valence-corrected chi connectivity index (χ1v) is 7.76. The summed E-state index contributed by atoms with van der Waals surface area (Å²) in [6.45, 7) is 0.523. The van der Waals surface area contributed by atoms with Crippen molar-refractivity contribution in [2.45, 2.75) is 37.9 Å². The van der Waals surface area contributed by atoms with Gasteiger partial charge >= 0.3 is 0 Å². The number of carbonyl (C=O) groups excluding carboxylic acids is 1. The number of imidazole rings is 1. The number of aromatic amines is 1. The maximum Gasteiger partial charge on any atom is 0.225 e. The van der Waals surface area contributed by atoms with Gasteiger partial charge in [0.1, 0.15) is 11.6 Å². The van der Waals surface area contributed by atoms with Crippen LogP contribution in [0.3, 0.4) is 0 Å². The normalized spacial score (nSPS) is 26.7. The van der Waals surface area contributed by atoms with Crippen molar-refractivity contribution in [1.82, 2.24) is 15.3 Å². The summed E-state index contributed by atoms with van der Waals surface area (Å²) in [7, 11) is 0. The van der Waals surface area contributed by atoms with Crippen molar-refractivity contribution in [3.63, 3.8) is 0 Å². The van der Waals surface area contributed by atoms with Crippen molar-refractivity contribution in [3.8, 4) is 0 Å². The van der Waals surface area contributed by atoms with Gasteiger partial charge in [-0.3, -0.25) is 4.79 Å². The van der Waals surface area contributed by atoms with E-state index in [2.05, 4.69) is 15.3 Å². The molecule has 2 aliphatic heterocycles. The Labute approximate surface area is 127 Å². The largest absolute Gasteiger partial charge is 0.374 e. The molecule has 1 aromatic heterocycles. The second kappa shape index (κ2) is 5.35. The van der Waals surface area contributed by atoms with Gasteiger partial charge in [0.15, 0.2) is 0 Å². The number of aromatic nitrogens is 2. The Morgan fingerprint density at radius 2 is 2.36 bits per heavy atom. The fourth-order valence-electron chi connectivity index (χ4n) is 3.50. The zero-order chi connectivity index (χ0) is 15.1. The van der Waals surface area contributed by atoms with Gasteiger partial charge in [-0.05, 0) is 37.5 Å². The molecule has 4 rings (SSSR count). The molecule has 0 saturated carbocycles. The second-order valence-corrected chi connectivity index (χ2v) is 6.10. The molecule has 2 aromatic rings. The summed E-state index contributed by atoms with van der Waals surface area (Å²) in [6.07, 6.45) is 3.93. The Kier molecular flexibility index (Phi) is 3.33. The molecular weight excluding hydrogens is 285 g/mol. The highest BCUT2D eigenvalue weighted by Gasteiger charge is 2.44. The molecule has 22 heavy (non-hydrogen) atoms. The number of hydrogen-bond acceptors (Lipinski definition) is 3. The van der Waals surface area contributed by atoms with Crippen LogP contribution in [0.25, 0.3) is 11.0 Å². The summed E-state index contributed by atoms with van der Waals surface area (Å²) in [5, 5.41) is 2.96. The van der Waals surface area contributed by atoms with Crippen LogP contribution in [0.15, 0.2) is 18.2 Å². The van der Waals surface area contributed by atoms with Gasteiger partial charge in [0, 0.05) is 13.0 Å². The van der Waals surface area contributed by atoms with Crippen LogP contribution in [0.1, 0.15) is 25.1 Å². The van der Waals surface area contributed by atoms with Crippen LogP contribution in [-0.4, -0.2) is 34.6 Å². The minimum absolute atomic E-state index is 0.00326. The molecule has 1 aromatic carbocycles. The molecule has 3 atom stereocenters. The van der Waals surface area contributed by atoms with Gasteiger partial charge in [0.25, 0.3) is 0 Å². The van der Waals surface area contributed by atoms with Crippen molar-refractivity contribution in [1.29, 1.82) is 0 Å². The number of fused-ring (bicyclic) bond motifs is 3. The van der Waals surface area contributed by atoms with Gasteiger partial charge in [-0.15, -0.1) is 0 Å². The number of ether oxygens (including phenoxy) is 1. The maximum absolute atomic E-state index is 13.1. The smallest absolute Gasteiger partial charge is 0.225 e. The number of hydrogen-bond donors (Lipinski definition) is 2. The summed E-state index contributed by atoms with van der Waals surface area (Å²) < 4.78 is 18.8. The molecule has 1 amide bonds. The van der Waals surface area contributed by atoms with Gasteiger partial charge < -0.3 is 15.0 Å². The molecule has 6 heteroatoms. The Morgan fingerprint density at radius 1 is 1.45 bits per heavy atom. The first kappa shape index (κ1) is 13.7. The van der Waals surface area contributed by atoms with Gasteiger partial charge in [0.2, 0.25) is 5.91 Å². The van der Waals surface area contributed by atoms with Crippen molar-refractivity contribution >= 4 is 16.9 Å². The highest BCUT2D eigenvalue weighted by atomic mass is 19.1. The molecule has 116 valence electrons. The minimum atomic E-state index is -0.285. The van der Waals surface area contributed by atoms with Crippen LogP contribution in [0.4, 0.5) is 4.39 Å². The molecular formula is C16H18FN3O2. The van der Waals surface area contributed by atoms with Crippen LogP contribution in [-0.2, 0) is 16.0 Å². The molecule has 3 heterocycles. The van der Waals surface area contributed by atoms with E-state index in [-0.39, 0.29) is 29.9 Å². The van der Waals surface area contributed by atoms with Gasteiger partial charge in [-0.25, -0.2) is 9.37 Å². The number of rotatable bonds is 4. The summed E-state index contributed by atoms with van der Waals surface area (Å²) in [6, 6.07) is 4.47. The predicted molar refractivity (Wildman–Crippen MR) is 78.8 cm³/mol. The van der Waals surface area contributed by atoms with E-state index < -0.39 is 0 Å². The van der Waals surface area contributed by atoms with Gasteiger partial charge in [-0.2, -0.15) is 0 Å². The quantitative estimate of drug-likeness (QED) is 0.907. The number of amides is 1. The number of benzene rings is 1. The second-order valence-electron chi connectivity index (χ2n) is 6.10. The molecule has 0 aliphatic carbocycles. The molecule has 2 bridgehead atoms. The van der Waals surface area contributed by atoms with E-state index in [0.29, 0.717) is 18.5 Å². The highest BCUT2D eigenvalue weighted by molar-refractivity contribution is 5.79. The maximum atomic E-state index is 13.1. The summed E-state index contributed by atoms with van der Waals surface area (Å²) in [5.74, 6) is 0.551. The van der Waals surface area contributed by atoms with E-state index in [9.17, 15) is 9.18 Å². The molecule has 0 spiro atoms. The molecule has 2 saturated heterocycles.